The number of carbonyl (C=O) groups is 6. The number of nitrogens with zero attached hydrogens (tertiary/aromatic N) is 1. The van der Waals surface area contributed by atoms with Crippen LogP contribution in [0, 0.1) is 0 Å². The normalized spacial score (nSPS) is 13.5. The molecule has 0 heterocycles. The molecule has 4 atom stereocenters. The van der Waals surface area contributed by atoms with E-state index < -0.39 is 72.6 Å². The summed E-state index contributed by atoms with van der Waals surface area (Å²) in [5.74, 6) is -7.09. The molecule has 0 fully saturated rings. The molecule has 0 aliphatic heterocycles. The summed E-state index contributed by atoms with van der Waals surface area (Å²) in [5.41, 5.74) is 16.9. The summed E-state index contributed by atoms with van der Waals surface area (Å²) < 4.78 is 0. The number of benzene rings is 1. The van der Waals surface area contributed by atoms with Gasteiger partial charge in [-0.05, 0) is 24.8 Å². The van der Waals surface area contributed by atoms with Crippen LogP contribution in [-0.2, 0) is 35.2 Å². The maximum atomic E-state index is 13.1. The highest BCUT2D eigenvalue weighted by Gasteiger charge is 2.31. The molecule has 0 aliphatic rings. The summed E-state index contributed by atoms with van der Waals surface area (Å²) in [5, 5.41) is 34.5. The van der Waals surface area contributed by atoms with Gasteiger partial charge in [-0.15, -0.1) is 0 Å². The maximum Gasteiger partial charge on any atom is 0.326 e. The van der Waals surface area contributed by atoms with Crippen LogP contribution in [0.25, 0.3) is 0 Å². The van der Waals surface area contributed by atoms with Crippen molar-refractivity contribution in [2.45, 2.75) is 62.7 Å². The topological polar surface area (TPSA) is 290 Å². The lowest BCUT2D eigenvalue weighted by Gasteiger charge is -2.24. The molecule has 16 heteroatoms. The molecule has 0 radical (unpaired) electrons. The van der Waals surface area contributed by atoms with Crippen molar-refractivity contribution in [3.05, 3.63) is 35.9 Å². The van der Waals surface area contributed by atoms with Crippen LogP contribution in [0.3, 0.4) is 0 Å². The number of carboxylic acid groups (broad SMARTS) is 3. The van der Waals surface area contributed by atoms with Gasteiger partial charge in [0.25, 0.3) is 0 Å². The molecule has 1 aromatic rings. The Kier molecular flexibility index (Phi) is 14.1. The number of carboxylic acids is 3. The quantitative estimate of drug-likeness (QED) is 0.0506. The lowest BCUT2D eigenvalue weighted by Crippen LogP contribution is -2.57. The summed E-state index contributed by atoms with van der Waals surface area (Å²) in [7, 11) is 0. The monoisotopic (exact) mass is 565 g/mol. The Morgan fingerprint density at radius 3 is 1.90 bits per heavy atom. The number of nitrogens with two attached hydrogens (primary N) is 3. The highest BCUT2D eigenvalue weighted by molar-refractivity contribution is 5.95. The molecule has 0 saturated carbocycles. The van der Waals surface area contributed by atoms with Gasteiger partial charge in [0.15, 0.2) is 5.96 Å². The molecule has 16 nitrogen and oxygen atoms in total. The van der Waals surface area contributed by atoms with Gasteiger partial charge in [-0.3, -0.25) is 29.0 Å². The molecule has 3 amide bonds. The molecule has 40 heavy (non-hydrogen) atoms. The number of hydrogen-bond acceptors (Lipinski definition) is 8. The SMILES string of the molecule is NC(N)=NCCCC(NC(=O)C(CC(=O)O)NC(=O)C(N)CCC(=O)O)C(=O)NC(Cc1ccccc1)C(=O)O. The van der Waals surface area contributed by atoms with Crippen molar-refractivity contribution >= 4 is 41.6 Å². The molecular formula is C24H35N7O9. The molecule has 0 aliphatic carbocycles. The van der Waals surface area contributed by atoms with Gasteiger partial charge >= 0.3 is 17.9 Å². The van der Waals surface area contributed by atoms with Crippen molar-refractivity contribution in [2.75, 3.05) is 6.54 Å². The van der Waals surface area contributed by atoms with E-state index in [-0.39, 0.29) is 38.2 Å². The second-order valence-corrected chi connectivity index (χ2v) is 8.80. The van der Waals surface area contributed by atoms with Crippen molar-refractivity contribution in [3.8, 4) is 0 Å². The third-order valence-corrected chi connectivity index (χ3v) is 5.49. The minimum Gasteiger partial charge on any atom is -0.481 e. The molecular weight excluding hydrogens is 530 g/mol. The van der Waals surface area contributed by atoms with Gasteiger partial charge in [0.05, 0.1) is 12.5 Å². The third-order valence-electron chi connectivity index (χ3n) is 5.49. The fraction of sp³-hybridized carbons (Fsp3) is 0.458. The number of hydrogen-bond donors (Lipinski definition) is 9. The highest BCUT2D eigenvalue weighted by atomic mass is 16.4. The Labute approximate surface area is 229 Å². The van der Waals surface area contributed by atoms with Crippen LogP contribution in [-0.4, -0.2) is 87.6 Å². The lowest BCUT2D eigenvalue weighted by atomic mass is 10.0. The molecule has 220 valence electrons. The van der Waals surface area contributed by atoms with E-state index in [2.05, 4.69) is 20.9 Å². The number of nitrogens with one attached hydrogen (secondary N) is 3. The van der Waals surface area contributed by atoms with Crippen LogP contribution in [0.4, 0.5) is 0 Å². The molecule has 4 unspecified atom stereocenters. The van der Waals surface area contributed by atoms with Crippen LogP contribution >= 0.6 is 0 Å². The maximum absolute atomic E-state index is 13.1. The molecule has 1 rings (SSSR count). The molecule has 1 aromatic carbocycles. The van der Waals surface area contributed by atoms with E-state index in [0.29, 0.717) is 5.56 Å². The number of rotatable bonds is 18. The van der Waals surface area contributed by atoms with E-state index in [1.165, 1.54) is 0 Å². The standard InChI is InChI=1S/C24H35N7O9/c25-14(8-9-18(32)33)20(36)30-16(12-19(34)35)22(38)29-15(7-4-10-28-24(26)27)21(37)31-17(23(39)40)11-13-5-2-1-3-6-13/h1-3,5-6,14-17H,4,7-12,25H2,(H,29,38)(H,30,36)(H,31,37)(H,32,33)(H,34,35)(H,39,40)(H4,26,27,28). The van der Waals surface area contributed by atoms with Crippen LogP contribution in [0.2, 0.25) is 0 Å². The second kappa shape index (κ2) is 17.0. The summed E-state index contributed by atoms with van der Waals surface area (Å²) in [4.78, 5) is 76.1. The Balaban J connectivity index is 3.07. The van der Waals surface area contributed by atoms with E-state index in [1.54, 1.807) is 30.3 Å². The van der Waals surface area contributed by atoms with Gasteiger partial charge in [0.1, 0.15) is 18.1 Å². The molecule has 12 N–H and O–H groups in total. The number of carbonyl (C=O) groups excluding carboxylic acids is 3. The van der Waals surface area contributed by atoms with Crippen molar-refractivity contribution in [1.29, 1.82) is 0 Å². The smallest absolute Gasteiger partial charge is 0.326 e. The van der Waals surface area contributed by atoms with Crippen molar-refractivity contribution in [3.63, 3.8) is 0 Å². The van der Waals surface area contributed by atoms with Crippen LogP contribution < -0.4 is 33.2 Å². The highest BCUT2D eigenvalue weighted by Crippen LogP contribution is 2.07. The zero-order chi connectivity index (χ0) is 30.2. The Morgan fingerprint density at radius 2 is 1.35 bits per heavy atom. The van der Waals surface area contributed by atoms with Crippen LogP contribution in [0.1, 0.15) is 37.7 Å². The van der Waals surface area contributed by atoms with Gasteiger partial charge in [-0.1, -0.05) is 30.3 Å². The second-order valence-electron chi connectivity index (χ2n) is 8.80. The van der Waals surface area contributed by atoms with E-state index in [0.717, 1.165) is 0 Å². The Hall–Kier alpha value is -4.73. The summed E-state index contributed by atoms with van der Waals surface area (Å²) >= 11 is 0. The van der Waals surface area contributed by atoms with E-state index >= 15 is 0 Å². The fourth-order valence-electron chi connectivity index (χ4n) is 3.44. The first-order chi connectivity index (χ1) is 18.8. The average molecular weight is 566 g/mol. The number of aliphatic imine (C=N–C) groups is 1. The molecule has 0 spiro atoms. The minimum atomic E-state index is -1.67. The van der Waals surface area contributed by atoms with Crippen molar-refractivity contribution in [1.82, 2.24) is 16.0 Å². The predicted molar refractivity (Wildman–Crippen MR) is 141 cm³/mol. The lowest BCUT2D eigenvalue weighted by molar-refractivity contribution is -0.143. The van der Waals surface area contributed by atoms with E-state index in [1.807, 2.05) is 0 Å². The van der Waals surface area contributed by atoms with Gasteiger partial charge in [-0.25, -0.2) is 4.79 Å². The van der Waals surface area contributed by atoms with Crippen molar-refractivity contribution < 1.29 is 44.1 Å². The van der Waals surface area contributed by atoms with E-state index in [4.69, 9.17) is 22.3 Å². The number of aliphatic carboxylic acids is 3. The molecule has 0 saturated heterocycles. The largest absolute Gasteiger partial charge is 0.481 e. The third kappa shape index (κ3) is 13.2. The average Bonchev–Trinajstić information content (AvgIpc) is 2.87. The van der Waals surface area contributed by atoms with Gasteiger partial charge in [-0.2, -0.15) is 0 Å². The fourth-order valence-corrected chi connectivity index (χ4v) is 3.44. The zero-order valence-electron chi connectivity index (χ0n) is 21.6. The van der Waals surface area contributed by atoms with Crippen LogP contribution in [0.5, 0.6) is 0 Å². The van der Waals surface area contributed by atoms with Gasteiger partial charge in [0, 0.05) is 19.4 Å². The zero-order valence-corrected chi connectivity index (χ0v) is 21.6. The van der Waals surface area contributed by atoms with Gasteiger partial charge in [0.2, 0.25) is 17.7 Å². The first-order valence-electron chi connectivity index (χ1n) is 12.2. The molecule has 0 bridgehead atoms. The van der Waals surface area contributed by atoms with Crippen molar-refractivity contribution in [2.24, 2.45) is 22.2 Å². The van der Waals surface area contributed by atoms with Gasteiger partial charge < -0.3 is 48.5 Å². The summed E-state index contributed by atoms with van der Waals surface area (Å²) in [6.07, 6.45) is -1.53. The summed E-state index contributed by atoms with van der Waals surface area (Å²) in [6.45, 7) is 0.0715. The Morgan fingerprint density at radius 1 is 0.775 bits per heavy atom. The van der Waals surface area contributed by atoms with E-state index in [9.17, 15) is 39.0 Å². The number of amides is 3. The number of guanidine groups is 1. The molecule has 0 aromatic heterocycles. The van der Waals surface area contributed by atoms with Crippen LogP contribution in [0.15, 0.2) is 35.3 Å². The first kappa shape index (κ1) is 33.3. The minimum absolute atomic E-state index is 0.0531. The summed E-state index contributed by atoms with van der Waals surface area (Å²) in [6, 6.07) is 2.78. The Bertz CT molecular complexity index is 1080. The first-order valence-corrected chi connectivity index (χ1v) is 12.2. The predicted octanol–water partition coefficient (Wildman–Crippen LogP) is -2.51.